The Morgan fingerprint density at radius 1 is 1.15 bits per heavy atom. The molecule has 2 aromatic carbocycles. The van der Waals surface area contributed by atoms with Crippen LogP contribution in [0.4, 0.5) is 14.5 Å². The highest BCUT2D eigenvalue weighted by molar-refractivity contribution is 5.97. The van der Waals surface area contributed by atoms with Crippen LogP contribution < -0.4 is 15.0 Å². The number of benzene rings is 2. The lowest BCUT2D eigenvalue weighted by Gasteiger charge is -2.16. The molecule has 1 N–H and O–H groups in total. The highest BCUT2D eigenvalue weighted by atomic mass is 19.3. The number of alkyl halides is 2. The smallest absolute Gasteiger partial charge is 0.387 e. The zero-order valence-corrected chi connectivity index (χ0v) is 14.0. The zero-order chi connectivity index (χ0) is 18.5. The number of hydrogen-bond donors (Lipinski definition) is 1. The molecule has 5 nitrogen and oxygen atoms in total. The Bertz CT molecular complexity index is 794. The molecule has 0 aromatic heterocycles. The molecule has 1 aliphatic heterocycles. The number of anilines is 1. The normalized spacial score (nSPS) is 14.0. The van der Waals surface area contributed by atoms with Crippen LogP contribution in [0.15, 0.2) is 48.5 Å². The quantitative estimate of drug-likeness (QED) is 0.860. The van der Waals surface area contributed by atoms with Gasteiger partial charge < -0.3 is 15.0 Å². The fourth-order valence-electron chi connectivity index (χ4n) is 2.85. The highest BCUT2D eigenvalue weighted by Crippen LogP contribution is 2.22. The Kier molecular flexibility index (Phi) is 5.46. The molecule has 1 saturated heterocycles. The predicted molar refractivity (Wildman–Crippen MR) is 92.3 cm³/mol. The molecular weight excluding hydrogens is 342 g/mol. The van der Waals surface area contributed by atoms with E-state index in [1.165, 1.54) is 18.2 Å². The molecule has 0 aliphatic carbocycles. The minimum Gasteiger partial charge on any atom is -0.434 e. The third-order valence-electron chi connectivity index (χ3n) is 4.12. The molecule has 0 bridgehead atoms. The van der Waals surface area contributed by atoms with Crippen LogP contribution in [-0.2, 0) is 11.3 Å². The van der Waals surface area contributed by atoms with Crippen LogP contribution in [0.5, 0.6) is 5.75 Å². The van der Waals surface area contributed by atoms with Crippen molar-refractivity contribution in [2.45, 2.75) is 26.0 Å². The Morgan fingerprint density at radius 2 is 1.88 bits per heavy atom. The molecule has 0 spiro atoms. The van der Waals surface area contributed by atoms with E-state index in [4.69, 9.17) is 0 Å². The monoisotopic (exact) mass is 360 g/mol. The maximum Gasteiger partial charge on any atom is 0.387 e. The first-order valence-corrected chi connectivity index (χ1v) is 8.26. The van der Waals surface area contributed by atoms with Crippen molar-refractivity contribution in [1.82, 2.24) is 5.32 Å². The number of rotatable bonds is 6. The SMILES string of the molecule is O=C(NCc1ccc(N2CCCC2=O)cc1)c1ccccc1OC(F)F. The second kappa shape index (κ2) is 7.95. The van der Waals surface area contributed by atoms with Crippen molar-refractivity contribution in [3.05, 3.63) is 59.7 Å². The van der Waals surface area contributed by atoms with E-state index in [0.717, 1.165) is 24.2 Å². The van der Waals surface area contributed by atoms with Crippen LogP contribution >= 0.6 is 0 Å². The van der Waals surface area contributed by atoms with Crippen molar-refractivity contribution in [1.29, 1.82) is 0 Å². The van der Waals surface area contributed by atoms with Crippen molar-refractivity contribution in [3.63, 3.8) is 0 Å². The number of halogens is 2. The summed E-state index contributed by atoms with van der Waals surface area (Å²) in [4.78, 5) is 25.7. The summed E-state index contributed by atoms with van der Waals surface area (Å²) in [5.41, 5.74) is 1.71. The van der Waals surface area contributed by atoms with Crippen LogP contribution in [0.25, 0.3) is 0 Å². The average molecular weight is 360 g/mol. The van der Waals surface area contributed by atoms with E-state index in [-0.39, 0.29) is 23.8 Å². The minimum atomic E-state index is -3.00. The van der Waals surface area contributed by atoms with E-state index in [2.05, 4.69) is 10.1 Å². The van der Waals surface area contributed by atoms with Gasteiger partial charge >= 0.3 is 6.61 Å². The van der Waals surface area contributed by atoms with E-state index in [9.17, 15) is 18.4 Å². The summed E-state index contributed by atoms with van der Waals surface area (Å²) in [5.74, 6) is -0.551. The van der Waals surface area contributed by atoms with E-state index in [0.29, 0.717) is 6.42 Å². The number of nitrogens with one attached hydrogen (secondary N) is 1. The summed E-state index contributed by atoms with van der Waals surface area (Å²) < 4.78 is 29.2. The summed E-state index contributed by atoms with van der Waals surface area (Å²) in [6.45, 7) is -2.05. The molecule has 26 heavy (non-hydrogen) atoms. The number of para-hydroxylation sites is 1. The molecule has 1 heterocycles. The number of carbonyl (C=O) groups is 2. The van der Waals surface area contributed by atoms with E-state index in [1.807, 2.05) is 24.3 Å². The molecule has 1 fully saturated rings. The summed E-state index contributed by atoms with van der Waals surface area (Å²) in [6.07, 6.45) is 1.43. The van der Waals surface area contributed by atoms with Gasteiger partial charge in [0.15, 0.2) is 0 Å². The fourth-order valence-corrected chi connectivity index (χ4v) is 2.85. The number of amides is 2. The molecule has 2 aromatic rings. The lowest BCUT2D eigenvalue weighted by Crippen LogP contribution is -2.24. The largest absolute Gasteiger partial charge is 0.434 e. The van der Waals surface area contributed by atoms with Gasteiger partial charge in [0, 0.05) is 25.2 Å². The number of ether oxygens (including phenoxy) is 1. The lowest BCUT2D eigenvalue weighted by molar-refractivity contribution is -0.117. The summed E-state index contributed by atoms with van der Waals surface area (Å²) in [6, 6.07) is 13.2. The maximum absolute atomic E-state index is 12.4. The van der Waals surface area contributed by atoms with Gasteiger partial charge in [-0.1, -0.05) is 24.3 Å². The van der Waals surface area contributed by atoms with Crippen molar-refractivity contribution in [2.24, 2.45) is 0 Å². The van der Waals surface area contributed by atoms with Gasteiger partial charge in [-0.2, -0.15) is 8.78 Å². The first kappa shape index (κ1) is 17.8. The standard InChI is InChI=1S/C19H18F2N2O3/c20-19(21)26-16-5-2-1-4-15(16)18(25)22-12-13-7-9-14(10-8-13)23-11-3-6-17(23)24/h1-2,4-5,7-10,19H,3,6,11-12H2,(H,22,25). The Morgan fingerprint density at radius 3 is 2.54 bits per heavy atom. The second-order valence-electron chi connectivity index (χ2n) is 5.87. The molecule has 136 valence electrons. The van der Waals surface area contributed by atoms with Crippen molar-refractivity contribution in [2.75, 3.05) is 11.4 Å². The van der Waals surface area contributed by atoms with Gasteiger partial charge in [0.25, 0.3) is 5.91 Å². The number of carbonyl (C=O) groups excluding carboxylic acids is 2. The molecule has 3 rings (SSSR count). The molecule has 0 saturated carbocycles. The zero-order valence-electron chi connectivity index (χ0n) is 14.0. The highest BCUT2D eigenvalue weighted by Gasteiger charge is 2.21. The number of nitrogens with zero attached hydrogens (tertiary/aromatic N) is 1. The topological polar surface area (TPSA) is 58.6 Å². The van der Waals surface area contributed by atoms with E-state index < -0.39 is 12.5 Å². The van der Waals surface area contributed by atoms with Crippen molar-refractivity contribution in [3.8, 4) is 5.75 Å². The molecule has 0 unspecified atom stereocenters. The Balaban J connectivity index is 1.62. The van der Waals surface area contributed by atoms with Gasteiger partial charge in [0.05, 0.1) is 5.56 Å². The van der Waals surface area contributed by atoms with Crippen molar-refractivity contribution < 1.29 is 23.1 Å². The van der Waals surface area contributed by atoms with Crippen LogP contribution in [0.3, 0.4) is 0 Å². The Labute approximate surface area is 149 Å². The van der Waals surface area contributed by atoms with Gasteiger partial charge in [-0.15, -0.1) is 0 Å². The lowest BCUT2D eigenvalue weighted by atomic mass is 10.1. The predicted octanol–water partition coefficient (Wildman–Crippen LogP) is 3.34. The van der Waals surface area contributed by atoms with Gasteiger partial charge in [-0.3, -0.25) is 9.59 Å². The fraction of sp³-hybridized carbons (Fsp3) is 0.263. The summed E-state index contributed by atoms with van der Waals surface area (Å²) >= 11 is 0. The molecule has 1 aliphatic rings. The van der Waals surface area contributed by atoms with Crippen LogP contribution in [0, 0.1) is 0 Å². The van der Waals surface area contributed by atoms with Crippen LogP contribution in [-0.4, -0.2) is 25.0 Å². The third-order valence-corrected chi connectivity index (χ3v) is 4.12. The second-order valence-corrected chi connectivity index (χ2v) is 5.87. The average Bonchev–Trinajstić information content (AvgIpc) is 3.06. The van der Waals surface area contributed by atoms with E-state index in [1.54, 1.807) is 11.0 Å². The molecule has 0 atom stereocenters. The van der Waals surface area contributed by atoms with Crippen LogP contribution in [0.2, 0.25) is 0 Å². The van der Waals surface area contributed by atoms with Gasteiger partial charge in [0.2, 0.25) is 5.91 Å². The van der Waals surface area contributed by atoms with Gasteiger partial charge in [0.1, 0.15) is 5.75 Å². The maximum atomic E-state index is 12.4. The van der Waals surface area contributed by atoms with E-state index >= 15 is 0 Å². The summed E-state index contributed by atoms with van der Waals surface area (Å²) in [7, 11) is 0. The molecule has 7 heteroatoms. The molecule has 2 amide bonds. The van der Waals surface area contributed by atoms with Gasteiger partial charge in [-0.05, 0) is 36.2 Å². The van der Waals surface area contributed by atoms with Crippen LogP contribution in [0.1, 0.15) is 28.8 Å². The molecule has 0 radical (unpaired) electrons. The third kappa shape index (κ3) is 4.17. The number of hydrogen-bond acceptors (Lipinski definition) is 3. The Hall–Kier alpha value is -2.96. The summed E-state index contributed by atoms with van der Waals surface area (Å²) in [5, 5.41) is 2.68. The van der Waals surface area contributed by atoms with Crippen molar-refractivity contribution >= 4 is 17.5 Å². The molecular formula is C19H18F2N2O3. The first-order valence-electron chi connectivity index (χ1n) is 8.26. The van der Waals surface area contributed by atoms with Gasteiger partial charge in [-0.25, -0.2) is 0 Å². The first-order chi connectivity index (χ1) is 12.5. The minimum absolute atomic E-state index is 0.0482.